The second-order valence-electron chi connectivity index (χ2n) is 6.64. The fraction of sp³-hybridized carbons (Fsp3) is 0.412. The number of hydrogen-bond acceptors (Lipinski definition) is 4. The average molecular weight is 359 g/mol. The molecule has 1 fully saturated rings. The van der Waals surface area contributed by atoms with Gasteiger partial charge in [-0.2, -0.15) is 0 Å². The molecule has 1 aromatic rings. The molecule has 0 aromatic carbocycles. The zero-order chi connectivity index (χ0) is 17.4. The van der Waals surface area contributed by atoms with Crippen LogP contribution in [0.2, 0.25) is 0 Å². The van der Waals surface area contributed by atoms with Crippen LogP contribution in [0.15, 0.2) is 48.1 Å². The average Bonchev–Trinajstić information content (AvgIpc) is 3.24. The van der Waals surface area contributed by atoms with Crippen LogP contribution in [0.25, 0.3) is 11.4 Å². The van der Waals surface area contributed by atoms with Gasteiger partial charge in [0.1, 0.15) is 5.82 Å². The number of hydrogen-bond donors (Lipinski definition) is 1. The van der Waals surface area contributed by atoms with Gasteiger partial charge in [0.05, 0.1) is 6.33 Å². The highest BCUT2D eigenvalue weighted by Crippen LogP contribution is 2.33. The van der Waals surface area contributed by atoms with E-state index in [1.54, 1.807) is 11.6 Å². The first-order valence-corrected chi connectivity index (χ1v) is 9.93. The predicted octanol–water partition coefficient (Wildman–Crippen LogP) is 2.18. The molecule has 25 heavy (non-hydrogen) atoms. The Balaban J connectivity index is 1.43. The van der Waals surface area contributed by atoms with Gasteiger partial charge in [-0.15, -0.1) is 0 Å². The molecule has 3 heterocycles. The molecule has 7 nitrogen and oxygen atoms in total. The summed E-state index contributed by atoms with van der Waals surface area (Å²) >= 11 is 0. The van der Waals surface area contributed by atoms with Gasteiger partial charge in [-0.1, -0.05) is 0 Å². The van der Waals surface area contributed by atoms with Crippen molar-refractivity contribution in [3.05, 3.63) is 43.1 Å². The number of nitrogens with zero attached hydrogens (tertiary/aromatic N) is 4. The molecule has 0 spiro atoms. The quantitative estimate of drug-likeness (QED) is 0.774. The van der Waals surface area contributed by atoms with E-state index >= 15 is 0 Å². The first-order chi connectivity index (χ1) is 12.0. The fourth-order valence-corrected chi connectivity index (χ4v) is 4.85. The Morgan fingerprint density at radius 2 is 1.96 bits per heavy atom. The Bertz CT molecular complexity index is 937. The molecule has 0 bridgehead atoms. The molecule has 0 unspecified atom stereocenters. The lowest BCUT2D eigenvalue weighted by Gasteiger charge is -2.31. The second-order valence-corrected chi connectivity index (χ2v) is 8.30. The summed E-state index contributed by atoms with van der Waals surface area (Å²) in [6.07, 6.45) is 10.4. The molecule has 3 aliphatic rings. The summed E-state index contributed by atoms with van der Waals surface area (Å²) in [5.41, 5.74) is 1.14. The van der Waals surface area contributed by atoms with Crippen LogP contribution in [0.5, 0.6) is 0 Å². The number of nitrogens with one attached hydrogen (secondary N) is 1. The van der Waals surface area contributed by atoms with Crippen molar-refractivity contribution in [3.8, 4) is 11.4 Å². The Morgan fingerprint density at radius 3 is 2.68 bits per heavy atom. The summed E-state index contributed by atoms with van der Waals surface area (Å²) in [5, 5.41) is 0.0808. The van der Waals surface area contributed by atoms with E-state index in [1.165, 1.54) is 12.5 Å². The number of imidazole rings is 1. The van der Waals surface area contributed by atoms with Crippen molar-refractivity contribution in [2.45, 2.75) is 42.8 Å². The SMILES string of the molecule is Cn1cnc(S(=O)(=O)NC2CCC(n3cccc4ccnc3-4)CC2)c1. The lowest BCUT2D eigenvalue weighted by molar-refractivity contribution is 0.311. The standard InChI is InChI=1S/C17H21N5O2S/c1-21-11-16(19-12-21)25(23,24)20-14-4-6-15(7-5-14)22-10-2-3-13-8-9-18-17(13)22/h2-3,8-12,14-15,20H,4-7H2,1H3. The van der Waals surface area contributed by atoms with Crippen molar-refractivity contribution in [1.82, 2.24) is 23.8 Å². The van der Waals surface area contributed by atoms with Gasteiger partial charge in [0.2, 0.25) is 0 Å². The van der Waals surface area contributed by atoms with Crippen molar-refractivity contribution in [2.75, 3.05) is 0 Å². The van der Waals surface area contributed by atoms with E-state index in [0.29, 0.717) is 6.04 Å². The maximum absolute atomic E-state index is 12.4. The van der Waals surface area contributed by atoms with Gasteiger partial charge in [0, 0.05) is 43.3 Å². The molecule has 2 aliphatic heterocycles. The van der Waals surface area contributed by atoms with Crippen molar-refractivity contribution in [2.24, 2.45) is 7.05 Å². The number of aryl methyl sites for hydroxylation is 1. The Kier molecular flexibility index (Phi) is 4.09. The van der Waals surface area contributed by atoms with Crippen molar-refractivity contribution >= 4 is 10.0 Å². The molecule has 0 saturated heterocycles. The molecule has 1 saturated carbocycles. The highest BCUT2D eigenvalue weighted by Gasteiger charge is 2.28. The summed E-state index contributed by atoms with van der Waals surface area (Å²) in [5.74, 6) is 1.00. The van der Waals surface area contributed by atoms with Crippen molar-refractivity contribution in [1.29, 1.82) is 0 Å². The van der Waals surface area contributed by atoms with Crippen LogP contribution >= 0.6 is 0 Å². The van der Waals surface area contributed by atoms with E-state index < -0.39 is 10.0 Å². The minimum Gasteiger partial charge on any atom is -0.339 e. The van der Waals surface area contributed by atoms with Crippen LogP contribution in [0, 0.1) is 0 Å². The topological polar surface area (TPSA) is 81.8 Å². The predicted molar refractivity (Wildman–Crippen MR) is 93.7 cm³/mol. The van der Waals surface area contributed by atoms with Gasteiger partial charge in [-0.05, 0) is 43.9 Å². The Hall–Kier alpha value is -2.19. The molecule has 1 N–H and O–H groups in total. The molecular formula is C17H21N5O2S. The number of aromatic nitrogens is 4. The maximum Gasteiger partial charge on any atom is 0.259 e. The van der Waals surface area contributed by atoms with Gasteiger partial charge in [0.25, 0.3) is 10.0 Å². The largest absolute Gasteiger partial charge is 0.339 e. The van der Waals surface area contributed by atoms with E-state index in [4.69, 9.17) is 0 Å². The number of rotatable bonds is 4. The van der Waals surface area contributed by atoms with Crippen LogP contribution in [0.3, 0.4) is 0 Å². The van der Waals surface area contributed by atoms with Crippen LogP contribution < -0.4 is 4.72 Å². The van der Waals surface area contributed by atoms with E-state index in [0.717, 1.165) is 37.1 Å². The number of fused-ring (bicyclic) bond motifs is 1. The zero-order valence-corrected chi connectivity index (χ0v) is 14.9. The third kappa shape index (κ3) is 3.19. The van der Waals surface area contributed by atoms with Crippen LogP contribution in [-0.2, 0) is 17.1 Å². The molecule has 132 valence electrons. The maximum atomic E-state index is 12.4. The molecule has 8 heteroatoms. The Morgan fingerprint density at radius 1 is 1.16 bits per heavy atom. The lowest BCUT2D eigenvalue weighted by Crippen LogP contribution is -2.38. The van der Waals surface area contributed by atoms with E-state index in [2.05, 4.69) is 31.5 Å². The minimum absolute atomic E-state index is 0.0457. The Labute approximate surface area is 147 Å². The first kappa shape index (κ1) is 16.3. The third-order valence-corrected chi connectivity index (χ3v) is 6.25. The van der Waals surface area contributed by atoms with Gasteiger partial charge in [-0.3, -0.25) is 0 Å². The van der Waals surface area contributed by atoms with Crippen LogP contribution in [-0.4, -0.2) is 33.6 Å². The lowest BCUT2D eigenvalue weighted by atomic mass is 9.91. The summed E-state index contributed by atoms with van der Waals surface area (Å²) in [7, 11) is -1.79. The third-order valence-electron chi connectivity index (χ3n) is 4.84. The summed E-state index contributed by atoms with van der Waals surface area (Å²) in [4.78, 5) is 8.40. The van der Waals surface area contributed by atoms with Crippen molar-refractivity contribution < 1.29 is 8.42 Å². The molecule has 1 aliphatic carbocycles. The summed E-state index contributed by atoms with van der Waals surface area (Å²) in [6.45, 7) is 0. The second kappa shape index (κ2) is 6.27. The van der Waals surface area contributed by atoms with Crippen LogP contribution in [0.4, 0.5) is 0 Å². The molecule has 0 radical (unpaired) electrons. The summed E-state index contributed by atoms with van der Waals surface area (Å²) < 4.78 is 31.5. The number of sulfonamides is 1. The fourth-order valence-electron chi connectivity index (χ4n) is 3.57. The van der Waals surface area contributed by atoms with E-state index in [1.807, 2.05) is 18.3 Å². The monoisotopic (exact) mass is 359 g/mol. The first-order valence-electron chi connectivity index (χ1n) is 8.45. The van der Waals surface area contributed by atoms with Crippen molar-refractivity contribution in [3.63, 3.8) is 0 Å². The smallest absolute Gasteiger partial charge is 0.259 e. The molecule has 0 atom stereocenters. The van der Waals surface area contributed by atoms with Gasteiger partial charge < -0.3 is 9.13 Å². The summed E-state index contributed by atoms with van der Waals surface area (Å²) in [6, 6.07) is 6.42. The van der Waals surface area contributed by atoms with E-state index in [9.17, 15) is 8.42 Å². The number of pyridine rings is 1. The molecule has 0 amide bonds. The molecule has 1 aromatic heterocycles. The van der Waals surface area contributed by atoms with Gasteiger partial charge >= 0.3 is 0 Å². The molecule has 4 rings (SSSR count). The molecular weight excluding hydrogens is 338 g/mol. The minimum atomic E-state index is -3.55. The highest BCUT2D eigenvalue weighted by molar-refractivity contribution is 7.89. The highest BCUT2D eigenvalue weighted by atomic mass is 32.2. The van der Waals surface area contributed by atoms with Gasteiger partial charge in [-0.25, -0.2) is 23.1 Å². The normalized spacial score (nSPS) is 21.6. The van der Waals surface area contributed by atoms with E-state index in [-0.39, 0.29) is 11.1 Å². The van der Waals surface area contributed by atoms with Gasteiger partial charge in [0.15, 0.2) is 5.03 Å². The zero-order valence-electron chi connectivity index (χ0n) is 14.0. The van der Waals surface area contributed by atoms with Crippen LogP contribution in [0.1, 0.15) is 31.7 Å².